The van der Waals surface area contributed by atoms with E-state index in [2.05, 4.69) is 15.9 Å². The fourth-order valence-corrected chi connectivity index (χ4v) is 4.25. The lowest BCUT2D eigenvalue weighted by Crippen LogP contribution is -2.05. The van der Waals surface area contributed by atoms with Crippen molar-refractivity contribution in [3.63, 3.8) is 0 Å². The van der Waals surface area contributed by atoms with Crippen LogP contribution in [0.15, 0.2) is 72.8 Å². The molecule has 0 amide bonds. The Balaban J connectivity index is 0.000000270. The summed E-state index contributed by atoms with van der Waals surface area (Å²) < 4.78 is 105. The van der Waals surface area contributed by atoms with Gasteiger partial charge in [-0.1, -0.05) is 39.1 Å². The van der Waals surface area contributed by atoms with Crippen LogP contribution in [0.5, 0.6) is 11.5 Å². The van der Waals surface area contributed by atoms with Crippen molar-refractivity contribution >= 4 is 50.7 Å². The molecular formula is C32H23BrCl2F8O4. The molecule has 252 valence electrons. The third-order valence-electron chi connectivity index (χ3n) is 5.81. The SMILES string of the molecule is CC(=O)c1cc(F)cc(CBr)c1.CC(=O)c1cc(F)cc(COc2ccc(C(F)(F)F)cc2Cl)c1.Oc1ccc(C(F)(F)F)cc1Cl. The average Bonchev–Trinajstić information content (AvgIpc) is 2.97. The van der Waals surface area contributed by atoms with E-state index < -0.39 is 29.3 Å². The summed E-state index contributed by atoms with van der Waals surface area (Å²) in [7, 11) is 0. The Labute approximate surface area is 282 Å². The van der Waals surface area contributed by atoms with Crippen LogP contribution in [0, 0.1) is 11.6 Å². The first-order chi connectivity index (χ1) is 21.7. The van der Waals surface area contributed by atoms with E-state index in [1.165, 1.54) is 38.1 Å². The number of ketones is 2. The summed E-state index contributed by atoms with van der Waals surface area (Å²) in [6.45, 7) is 2.59. The van der Waals surface area contributed by atoms with Gasteiger partial charge in [0.1, 0.15) is 29.7 Å². The quantitative estimate of drug-likeness (QED) is 0.120. The van der Waals surface area contributed by atoms with E-state index in [-0.39, 0.29) is 51.1 Å². The molecule has 0 unspecified atom stereocenters. The zero-order valence-corrected chi connectivity index (χ0v) is 27.3. The summed E-state index contributed by atoms with van der Waals surface area (Å²) in [5, 5.41) is 8.86. The number of phenols is 1. The van der Waals surface area contributed by atoms with Gasteiger partial charge in [-0.2, -0.15) is 26.3 Å². The van der Waals surface area contributed by atoms with E-state index in [1.807, 2.05) is 0 Å². The summed E-state index contributed by atoms with van der Waals surface area (Å²) in [4.78, 5) is 22.2. The molecule has 0 saturated carbocycles. The second kappa shape index (κ2) is 16.9. The number of aromatic hydroxyl groups is 1. The number of benzene rings is 4. The third kappa shape index (κ3) is 12.8. The van der Waals surface area contributed by atoms with E-state index in [0.29, 0.717) is 22.5 Å². The summed E-state index contributed by atoms with van der Waals surface area (Å²) in [5.41, 5.74) is -0.0114. The normalized spacial score (nSPS) is 11.1. The molecule has 0 spiro atoms. The monoisotopic (exact) mass is 772 g/mol. The van der Waals surface area contributed by atoms with Crippen molar-refractivity contribution < 1.29 is 54.6 Å². The maximum atomic E-state index is 13.4. The second-order valence-corrected chi connectivity index (χ2v) is 10.9. The Bertz CT molecular complexity index is 1730. The number of carbonyl (C=O) groups excluding carboxylic acids is 2. The molecule has 15 heteroatoms. The highest BCUT2D eigenvalue weighted by Crippen LogP contribution is 2.35. The van der Waals surface area contributed by atoms with Crippen LogP contribution in [0.3, 0.4) is 0 Å². The number of hydrogen-bond donors (Lipinski definition) is 1. The molecule has 4 nitrogen and oxygen atoms in total. The van der Waals surface area contributed by atoms with Crippen molar-refractivity contribution in [3.05, 3.63) is 128 Å². The van der Waals surface area contributed by atoms with Crippen LogP contribution in [-0.4, -0.2) is 16.7 Å². The highest BCUT2D eigenvalue weighted by Gasteiger charge is 2.31. The minimum absolute atomic E-state index is 0.0355. The number of carbonyl (C=O) groups is 2. The largest absolute Gasteiger partial charge is 0.506 e. The smallest absolute Gasteiger partial charge is 0.416 e. The maximum Gasteiger partial charge on any atom is 0.416 e. The Morgan fingerprint density at radius 3 is 1.57 bits per heavy atom. The summed E-state index contributed by atoms with van der Waals surface area (Å²) in [5.74, 6) is -1.71. The fraction of sp³-hybridized carbons (Fsp3) is 0.188. The number of hydrogen-bond acceptors (Lipinski definition) is 4. The topological polar surface area (TPSA) is 63.6 Å². The molecule has 0 radical (unpaired) electrons. The predicted octanol–water partition coefficient (Wildman–Crippen LogP) is 11.3. The average molecular weight is 774 g/mol. The first kappa shape index (κ1) is 39.5. The van der Waals surface area contributed by atoms with Gasteiger partial charge < -0.3 is 9.84 Å². The molecule has 47 heavy (non-hydrogen) atoms. The number of alkyl halides is 7. The number of phenolic OH excluding ortho intramolecular Hbond substituents is 1. The molecule has 0 atom stereocenters. The van der Waals surface area contributed by atoms with E-state index in [4.69, 9.17) is 33.0 Å². The first-order valence-corrected chi connectivity index (χ1v) is 14.8. The first-order valence-electron chi connectivity index (χ1n) is 12.9. The van der Waals surface area contributed by atoms with Gasteiger partial charge in [0.15, 0.2) is 11.6 Å². The van der Waals surface area contributed by atoms with Crippen LogP contribution in [0.1, 0.15) is 56.8 Å². The Morgan fingerprint density at radius 1 is 0.702 bits per heavy atom. The van der Waals surface area contributed by atoms with E-state index in [0.717, 1.165) is 42.0 Å². The lowest BCUT2D eigenvalue weighted by Gasteiger charge is -2.12. The molecule has 4 rings (SSSR count). The van der Waals surface area contributed by atoms with Crippen LogP contribution >= 0.6 is 39.1 Å². The van der Waals surface area contributed by atoms with Crippen molar-refractivity contribution in [2.24, 2.45) is 0 Å². The minimum atomic E-state index is -4.50. The molecule has 0 aromatic heterocycles. The van der Waals surface area contributed by atoms with Crippen molar-refractivity contribution in [3.8, 4) is 11.5 Å². The predicted molar refractivity (Wildman–Crippen MR) is 164 cm³/mol. The summed E-state index contributed by atoms with van der Waals surface area (Å²) >= 11 is 14.2. The van der Waals surface area contributed by atoms with Crippen LogP contribution in [0.2, 0.25) is 10.0 Å². The van der Waals surface area contributed by atoms with E-state index >= 15 is 0 Å². The molecule has 0 aliphatic rings. The second-order valence-electron chi connectivity index (χ2n) is 9.54. The van der Waals surface area contributed by atoms with Crippen molar-refractivity contribution in [1.82, 2.24) is 0 Å². The number of halogens is 11. The maximum absolute atomic E-state index is 13.4. The Kier molecular flexibility index (Phi) is 14.2. The molecular weight excluding hydrogens is 751 g/mol. The highest BCUT2D eigenvalue weighted by molar-refractivity contribution is 9.08. The number of ether oxygens (including phenoxy) is 1. The Morgan fingerprint density at radius 2 is 1.15 bits per heavy atom. The molecule has 0 heterocycles. The number of Topliss-reactive ketones (excluding diaryl/α,β-unsaturated/α-hetero) is 2. The fourth-order valence-electron chi connectivity index (χ4n) is 3.51. The van der Waals surface area contributed by atoms with Gasteiger partial charge in [0, 0.05) is 16.5 Å². The molecule has 0 fully saturated rings. The minimum Gasteiger partial charge on any atom is -0.506 e. The van der Waals surface area contributed by atoms with E-state index in [1.54, 1.807) is 6.07 Å². The van der Waals surface area contributed by atoms with Crippen LogP contribution in [0.4, 0.5) is 35.1 Å². The van der Waals surface area contributed by atoms with Crippen molar-refractivity contribution in [1.29, 1.82) is 0 Å². The molecule has 1 N–H and O–H groups in total. The van der Waals surface area contributed by atoms with Gasteiger partial charge in [0.05, 0.1) is 21.2 Å². The molecule has 4 aromatic rings. The van der Waals surface area contributed by atoms with Crippen molar-refractivity contribution in [2.75, 3.05) is 0 Å². The van der Waals surface area contributed by atoms with Gasteiger partial charge in [-0.25, -0.2) is 8.78 Å². The molecule has 0 aliphatic carbocycles. The summed E-state index contributed by atoms with van der Waals surface area (Å²) in [6.07, 6.45) is -8.92. The molecule has 4 aromatic carbocycles. The van der Waals surface area contributed by atoms with Crippen LogP contribution < -0.4 is 4.74 Å². The zero-order valence-electron chi connectivity index (χ0n) is 24.2. The molecule has 0 bridgehead atoms. The zero-order chi connectivity index (χ0) is 35.7. The van der Waals surface area contributed by atoms with Gasteiger partial charge in [-0.3, -0.25) is 9.59 Å². The van der Waals surface area contributed by atoms with Gasteiger partial charge in [-0.15, -0.1) is 0 Å². The van der Waals surface area contributed by atoms with Gasteiger partial charge >= 0.3 is 12.4 Å². The summed E-state index contributed by atoms with van der Waals surface area (Å²) in [6, 6.07) is 13.1. The Hall–Kier alpha value is -3.68. The van der Waals surface area contributed by atoms with Crippen molar-refractivity contribution in [2.45, 2.75) is 38.1 Å². The van der Waals surface area contributed by atoms with Gasteiger partial charge in [0.25, 0.3) is 0 Å². The van der Waals surface area contributed by atoms with Crippen LogP contribution in [-0.2, 0) is 24.3 Å². The lowest BCUT2D eigenvalue weighted by molar-refractivity contribution is -0.138. The molecule has 0 aliphatic heterocycles. The van der Waals surface area contributed by atoms with E-state index in [9.17, 15) is 44.7 Å². The standard InChI is InChI=1S/C16H11ClF4O2.C9H8BrFO.C7H4ClF3O/c1-9(22)11-4-10(5-13(18)6-11)8-23-15-3-2-12(7-14(15)17)16(19,20)21;1-6(12)8-2-7(5-10)3-9(11)4-8;8-5-3-4(7(9,10)11)1-2-6(5)12/h2-7H,8H2,1H3;2-4H,5H2,1H3;1-3,12H. The van der Waals surface area contributed by atoms with Crippen LogP contribution in [0.25, 0.3) is 0 Å². The lowest BCUT2D eigenvalue weighted by atomic mass is 10.1. The number of rotatable bonds is 6. The van der Waals surface area contributed by atoms with Gasteiger partial charge in [0.2, 0.25) is 0 Å². The van der Waals surface area contributed by atoms with Gasteiger partial charge in [-0.05, 0) is 97.8 Å². The third-order valence-corrected chi connectivity index (χ3v) is 7.06. The highest BCUT2D eigenvalue weighted by atomic mass is 79.9. The molecule has 0 saturated heterocycles.